The van der Waals surface area contributed by atoms with E-state index in [4.69, 9.17) is 14.6 Å². The second kappa shape index (κ2) is 7.08. The van der Waals surface area contributed by atoms with Crippen molar-refractivity contribution in [2.45, 2.75) is 19.4 Å². The molecule has 2 rings (SSSR count). The minimum atomic E-state index is -0.143. The highest BCUT2D eigenvalue weighted by molar-refractivity contribution is 5.84. The summed E-state index contributed by atoms with van der Waals surface area (Å²) < 4.78 is 10.7. The fraction of sp³-hybridized carbons (Fsp3) is 0.467. The summed E-state index contributed by atoms with van der Waals surface area (Å²) in [7, 11) is 1.50. The van der Waals surface area contributed by atoms with E-state index in [1.807, 2.05) is 0 Å². The number of carbonyl (C=O) groups is 2. The van der Waals surface area contributed by atoms with E-state index in [0.29, 0.717) is 43.0 Å². The average molecular weight is 293 g/mol. The van der Waals surface area contributed by atoms with E-state index in [2.05, 4.69) is 0 Å². The van der Waals surface area contributed by atoms with E-state index < -0.39 is 0 Å². The van der Waals surface area contributed by atoms with Gasteiger partial charge in [-0.05, 0) is 17.7 Å². The molecule has 1 fully saturated rings. The predicted molar refractivity (Wildman–Crippen MR) is 75.2 cm³/mol. The van der Waals surface area contributed by atoms with E-state index in [9.17, 15) is 9.59 Å². The van der Waals surface area contributed by atoms with E-state index >= 15 is 0 Å². The number of hydrogen-bond donors (Lipinski definition) is 1. The van der Waals surface area contributed by atoms with Crippen LogP contribution in [0, 0.1) is 0 Å². The van der Waals surface area contributed by atoms with Gasteiger partial charge in [0, 0.05) is 25.9 Å². The fourth-order valence-corrected chi connectivity index (χ4v) is 2.17. The molecule has 1 aromatic carbocycles. The molecule has 1 amide bonds. The van der Waals surface area contributed by atoms with Crippen molar-refractivity contribution in [3.8, 4) is 11.5 Å². The summed E-state index contributed by atoms with van der Waals surface area (Å²) in [6.07, 6.45) is 0.834. The Morgan fingerprint density at radius 1 is 1.29 bits per heavy atom. The quantitative estimate of drug-likeness (QED) is 0.867. The minimum Gasteiger partial charge on any atom is -0.493 e. The van der Waals surface area contributed by atoms with Crippen molar-refractivity contribution >= 4 is 11.7 Å². The lowest BCUT2D eigenvalue weighted by Crippen LogP contribution is -2.41. The van der Waals surface area contributed by atoms with Crippen LogP contribution in [0.2, 0.25) is 0 Å². The summed E-state index contributed by atoms with van der Waals surface area (Å²) in [6.45, 7) is 0.740. The highest BCUT2D eigenvalue weighted by atomic mass is 16.5. The smallest absolute Gasteiger partial charge is 0.260 e. The first-order valence-corrected chi connectivity index (χ1v) is 6.84. The molecule has 0 atom stereocenters. The zero-order chi connectivity index (χ0) is 15.2. The lowest BCUT2D eigenvalue weighted by molar-refractivity contribution is -0.136. The van der Waals surface area contributed by atoms with Crippen LogP contribution in [0.4, 0.5) is 0 Å². The van der Waals surface area contributed by atoms with Crippen molar-refractivity contribution in [1.29, 1.82) is 0 Å². The molecule has 1 N–H and O–H groups in total. The number of Topliss-reactive ketones (excluding diaryl/α,β-unsaturated/α-hetero) is 1. The monoisotopic (exact) mass is 293 g/mol. The number of ketones is 1. The number of nitrogens with zero attached hydrogens (tertiary/aromatic N) is 1. The van der Waals surface area contributed by atoms with Crippen molar-refractivity contribution < 1.29 is 24.2 Å². The summed E-state index contributed by atoms with van der Waals surface area (Å²) in [5, 5.41) is 9.07. The zero-order valence-corrected chi connectivity index (χ0v) is 12.0. The van der Waals surface area contributed by atoms with Crippen LogP contribution in [0.1, 0.15) is 18.4 Å². The number of aliphatic hydroxyl groups excluding tert-OH is 1. The number of piperidine rings is 1. The maximum absolute atomic E-state index is 12.0. The molecule has 1 aliphatic rings. The van der Waals surface area contributed by atoms with Crippen LogP contribution in [0.3, 0.4) is 0 Å². The zero-order valence-electron chi connectivity index (χ0n) is 12.0. The Morgan fingerprint density at radius 3 is 2.62 bits per heavy atom. The largest absolute Gasteiger partial charge is 0.493 e. The normalized spacial score (nSPS) is 15.0. The number of rotatable bonds is 5. The molecule has 0 aromatic heterocycles. The van der Waals surface area contributed by atoms with Gasteiger partial charge in [0.05, 0.1) is 13.7 Å². The van der Waals surface area contributed by atoms with Crippen LogP contribution in [0.5, 0.6) is 11.5 Å². The maximum Gasteiger partial charge on any atom is 0.260 e. The Bertz CT molecular complexity index is 519. The molecule has 1 aliphatic heterocycles. The SMILES string of the molecule is COc1cc(CO)ccc1OCC(=O)N1CCC(=O)CC1. The molecule has 6 nitrogen and oxygen atoms in total. The molecule has 0 saturated carbocycles. The summed E-state index contributed by atoms with van der Waals surface area (Å²) in [5.41, 5.74) is 0.708. The first-order valence-electron chi connectivity index (χ1n) is 6.84. The highest BCUT2D eigenvalue weighted by Gasteiger charge is 2.21. The van der Waals surface area contributed by atoms with Crippen LogP contribution < -0.4 is 9.47 Å². The van der Waals surface area contributed by atoms with Crippen LogP contribution >= 0.6 is 0 Å². The van der Waals surface area contributed by atoms with Crippen LogP contribution in [0.15, 0.2) is 18.2 Å². The number of likely N-dealkylation sites (tertiary alicyclic amines) is 1. The molecule has 21 heavy (non-hydrogen) atoms. The van der Waals surface area contributed by atoms with Crippen LogP contribution in [-0.4, -0.2) is 48.5 Å². The molecule has 0 spiro atoms. The molecule has 114 valence electrons. The molecule has 1 heterocycles. The average Bonchev–Trinajstić information content (AvgIpc) is 2.53. The predicted octanol–water partition coefficient (Wildman–Crippen LogP) is 0.758. The number of methoxy groups -OCH3 is 1. The number of carbonyl (C=O) groups excluding carboxylic acids is 2. The first kappa shape index (κ1) is 15.3. The summed E-state index contributed by atoms with van der Waals surface area (Å²) in [6, 6.07) is 5.04. The second-order valence-electron chi connectivity index (χ2n) is 4.85. The van der Waals surface area contributed by atoms with Gasteiger partial charge in [-0.15, -0.1) is 0 Å². The van der Waals surface area contributed by atoms with Crippen molar-refractivity contribution in [1.82, 2.24) is 4.90 Å². The van der Waals surface area contributed by atoms with Gasteiger partial charge in [0.1, 0.15) is 5.78 Å². The molecular weight excluding hydrogens is 274 g/mol. The molecule has 0 unspecified atom stereocenters. The third-order valence-electron chi connectivity index (χ3n) is 3.44. The lowest BCUT2D eigenvalue weighted by atomic mass is 10.1. The third kappa shape index (κ3) is 3.95. The van der Waals surface area contributed by atoms with Gasteiger partial charge < -0.3 is 19.5 Å². The van der Waals surface area contributed by atoms with E-state index in [0.717, 1.165) is 0 Å². The minimum absolute atomic E-state index is 0.0859. The molecule has 1 aromatic rings. The molecule has 0 radical (unpaired) electrons. The standard InChI is InChI=1S/C15H19NO5/c1-20-14-8-11(9-17)2-3-13(14)21-10-15(19)16-6-4-12(18)5-7-16/h2-3,8,17H,4-7,9-10H2,1H3. The van der Waals surface area contributed by atoms with Crippen LogP contribution in [-0.2, 0) is 16.2 Å². The Morgan fingerprint density at radius 2 is 2.00 bits per heavy atom. The van der Waals surface area contributed by atoms with Gasteiger partial charge in [-0.25, -0.2) is 0 Å². The van der Waals surface area contributed by atoms with Crippen LogP contribution in [0.25, 0.3) is 0 Å². The number of benzene rings is 1. The van der Waals surface area contributed by atoms with E-state index in [1.54, 1.807) is 23.1 Å². The van der Waals surface area contributed by atoms with Gasteiger partial charge >= 0.3 is 0 Å². The molecule has 0 bridgehead atoms. The number of ether oxygens (including phenoxy) is 2. The topological polar surface area (TPSA) is 76.1 Å². The molecular formula is C15H19NO5. The van der Waals surface area contributed by atoms with E-state index in [1.165, 1.54) is 7.11 Å². The summed E-state index contributed by atoms with van der Waals surface area (Å²) in [5.74, 6) is 0.983. The van der Waals surface area contributed by atoms with Crippen molar-refractivity contribution in [2.24, 2.45) is 0 Å². The Hall–Kier alpha value is -2.08. The Kier molecular flexibility index (Phi) is 5.16. The fourth-order valence-electron chi connectivity index (χ4n) is 2.17. The van der Waals surface area contributed by atoms with Crippen molar-refractivity contribution in [3.05, 3.63) is 23.8 Å². The second-order valence-corrected chi connectivity index (χ2v) is 4.85. The number of aliphatic hydroxyl groups is 1. The summed E-state index contributed by atoms with van der Waals surface area (Å²) >= 11 is 0. The number of hydrogen-bond acceptors (Lipinski definition) is 5. The Balaban J connectivity index is 1.93. The maximum atomic E-state index is 12.0. The molecule has 0 aliphatic carbocycles. The first-order chi connectivity index (χ1) is 10.1. The highest BCUT2D eigenvalue weighted by Crippen LogP contribution is 2.28. The van der Waals surface area contributed by atoms with Gasteiger partial charge in [-0.1, -0.05) is 6.07 Å². The van der Waals surface area contributed by atoms with Crippen molar-refractivity contribution in [2.75, 3.05) is 26.8 Å². The number of amides is 1. The van der Waals surface area contributed by atoms with Gasteiger partial charge in [0.25, 0.3) is 5.91 Å². The molecule has 6 heteroatoms. The lowest BCUT2D eigenvalue weighted by Gasteiger charge is -2.26. The van der Waals surface area contributed by atoms with Gasteiger partial charge in [-0.2, -0.15) is 0 Å². The summed E-state index contributed by atoms with van der Waals surface area (Å²) in [4.78, 5) is 24.8. The van der Waals surface area contributed by atoms with Crippen molar-refractivity contribution in [3.63, 3.8) is 0 Å². The van der Waals surface area contributed by atoms with E-state index in [-0.39, 0.29) is 24.9 Å². The van der Waals surface area contributed by atoms with Gasteiger partial charge in [-0.3, -0.25) is 9.59 Å². The van der Waals surface area contributed by atoms with Gasteiger partial charge in [0.2, 0.25) is 0 Å². The van der Waals surface area contributed by atoms with Gasteiger partial charge in [0.15, 0.2) is 18.1 Å². The Labute approximate surface area is 123 Å². The molecule has 1 saturated heterocycles. The third-order valence-corrected chi connectivity index (χ3v) is 3.44.